The standard InChI is InChI=1S/C31H29N5O2/c1-2-8-26-32-30(36-19-17-35(18-20-36)27(37)16-13-22-9-4-3-5-10-22)28-29(34-38-31(28)33-26)25-15-14-23-11-6-7-12-24(23)21-25/h3-7,9-16,21H,2,8,17-20H2,1H3/b16-13+. The van der Waals surface area contributed by atoms with E-state index in [1.165, 1.54) is 5.39 Å². The number of amides is 1. The Bertz CT molecular complexity index is 1620. The van der Waals surface area contributed by atoms with Gasteiger partial charge in [-0.3, -0.25) is 4.79 Å². The molecule has 1 fully saturated rings. The zero-order valence-corrected chi connectivity index (χ0v) is 21.4. The quantitative estimate of drug-likeness (QED) is 0.275. The Labute approximate surface area is 221 Å². The topological polar surface area (TPSA) is 75.4 Å². The number of nitrogens with zero attached hydrogens (tertiary/aromatic N) is 5. The van der Waals surface area contributed by atoms with Crippen LogP contribution in [0.4, 0.5) is 5.82 Å². The van der Waals surface area contributed by atoms with E-state index in [9.17, 15) is 4.79 Å². The summed E-state index contributed by atoms with van der Waals surface area (Å²) in [5, 5.41) is 7.59. The molecular formula is C31H29N5O2. The number of piperazine rings is 1. The highest BCUT2D eigenvalue weighted by molar-refractivity contribution is 6.00. The molecule has 0 unspecified atom stereocenters. The summed E-state index contributed by atoms with van der Waals surface area (Å²) >= 11 is 0. The van der Waals surface area contributed by atoms with Crippen molar-refractivity contribution in [1.82, 2.24) is 20.0 Å². The fourth-order valence-electron chi connectivity index (χ4n) is 4.95. The van der Waals surface area contributed by atoms with Gasteiger partial charge in [-0.1, -0.05) is 78.8 Å². The van der Waals surface area contributed by atoms with Crippen molar-refractivity contribution in [3.8, 4) is 11.3 Å². The van der Waals surface area contributed by atoms with Crippen molar-refractivity contribution in [2.45, 2.75) is 19.8 Å². The third-order valence-electron chi connectivity index (χ3n) is 6.97. The van der Waals surface area contributed by atoms with Crippen LogP contribution in [0.5, 0.6) is 0 Å². The maximum Gasteiger partial charge on any atom is 0.263 e. The largest absolute Gasteiger partial charge is 0.352 e. The van der Waals surface area contributed by atoms with Gasteiger partial charge in [0.25, 0.3) is 5.71 Å². The first kappa shape index (κ1) is 23.9. The van der Waals surface area contributed by atoms with Gasteiger partial charge in [-0.05, 0) is 34.9 Å². The average molecular weight is 504 g/mol. The van der Waals surface area contributed by atoms with Crippen molar-refractivity contribution in [2.24, 2.45) is 0 Å². The molecule has 1 aliphatic heterocycles. The Morgan fingerprint density at radius 3 is 2.47 bits per heavy atom. The van der Waals surface area contributed by atoms with Crippen LogP contribution in [0.2, 0.25) is 0 Å². The number of anilines is 1. The first-order valence-corrected chi connectivity index (χ1v) is 13.1. The molecular weight excluding hydrogens is 474 g/mol. The van der Waals surface area contributed by atoms with Gasteiger partial charge in [-0.15, -0.1) is 0 Å². The van der Waals surface area contributed by atoms with Crippen LogP contribution in [0.25, 0.3) is 39.2 Å². The van der Waals surface area contributed by atoms with Crippen LogP contribution in [0.1, 0.15) is 24.7 Å². The lowest BCUT2D eigenvalue weighted by molar-refractivity contribution is -0.126. The van der Waals surface area contributed by atoms with Gasteiger partial charge in [-0.2, -0.15) is 4.98 Å². The van der Waals surface area contributed by atoms with E-state index in [1.54, 1.807) is 6.08 Å². The van der Waals surface area contributed by atoms with Gasteiger partial charge >= 0.3 is 0 Å². The van der Waals surface area contributed by atoms with Crippen molar-refractivity contribution >= 4 is 39.7 Å². The summed E-state index contributed by atoms with van der Waals surface area (Å²) in [4.78, 5) is 26.6. The molecule has 1 aliphatic rings. The van der Waals surface area contributed by atoms with Crippen molar-refractivity contribution in [1.29, 1.82) is 0 Å². The number of aromatic nitrogens is 3. The lowest BCUT2D eigenvalue weighted by Gasteiger charge is -2.35. The van der Waals surface area contributed by atoms with Gasteiger partial charge in [0.05, 0.1) is 0 Å². The second-order valence-corrected chi connectivity index (χ2v) is 9.54. The Morgan fingerprint density at radius 2 is 1.68 bits per heavy atom. The van der Waals surface area contributed by atoms with Gasteiger partial charge in [0, 0.05) is 44.2 Å². The molecule has 0 atom stereocenters. The molecule has 6 rings (SSSR count). The Balaban J connectivity index is 1.29. The first-order chi connectivity index (χ1) is 18.7. The lowest BCUT2D eigenvalue weighted by atomic mass is 10.0. The molecule has 0 radical (unpaired) electrons. The summed E-state index contributed by atoms with van der Waals surface area (Å²) in [5.41, 5.74) is 3.23. The third-order valence-corrected chi connectivity index (χ3v) is 6.97. The van der Waals surface area contributed by atoms with Gasteiger partial charge in [0.2, 0.25) is 5.91 Å². The number of benzene rings is 3. The summed E-state index contributed by atoms with van der Waals surface area (Å²) in [6.07, 6.45) is 5.22. The fraction of sp³-hybridized carbons (Fsp3) is 0.226. The smallest absolute Gasteiger partial charge is 0.263 e. The van der Waals surface area contributed by atoms with E-state index in [0.29, 0.717) is 31.9 Å². The number of aryl methyl sites for hydroxylation is 1. The van der Waals surface area contributed by atoms with E-state index in [-0.39, 0.29) is 5.91 Å². The van der Waals surface area contributed by atoms with Crippen LogP contribution in [0.15, 0.2) is 83.4 Å². The number of hydrogen-bond donors (Lipinski definition) is 0. The number of rotatable bonds is 6. The van der Waals surface area contributed by atoms with Gasteiger partial charge in [0.15, 0.2) is 0 Å². The fourth-order valence-corrected chi connectivity index (χ4v) is 4.95. The Hall–Kier alpha value is -4.52. The predicted octanol–water partition coefficient (Wildman–Crippen LogP) is 5.75. The highest BCUT2D eigenvalue weighted by atomic mass is 16.5. The van der Waals surface area contributed by atoms with Crippen LogP contribution >= 0.6 is 0 Å². The molecule has 0 spiro atoms. The van der Waals surface area contributed by atoms with Crippen LogP contribution in [-0.4, -0.2) is 52.1 Å². The van der Waals surface area contributed by atoms with E-state index in [0.717, 1.165) is 52.1 Å². The minimum absolute atomic E-state index is 0.0230. The second-order valence-electron chi connectivity index (χ2n) is 9.54. The molecule has 3 heterocycles. The van der Waals surface area contributed by atoms with E-state index < -0.39 is 0 Å². The molecule has 0 aliphatic carbocycles. The van der Waals surface area contributed by atoms with Crippen molar-refractivity contribution in [3.63, 3.8) is 0 Å². The minimum atomic E-state index is 0.0230. The molecule has 190 valence electrons. The zero-order valence-electron chi connectivity index (χ0n) is 21.4. The van der Waals surface area contributed by atoms with Gasteiger partial charge in [0.1, 0.15) is 22.7 Å². The average Bonchev–Trinajstić information content (AvgIpc) is 3.40. The van der Waals surface area contributed by atoms with E-state index >= 15 is 0 Å². The van der Waals surface area contributed by atoms with E-state index in [2.05, 4.69) is 52.3 Å². The highest BCUT2D eigenvalue weighted by Crippen LogP contribution is 2.35. The molecule has 3 aromatic carbocycles. The maximum atomic E-state index is 12.8. The summed E-state index contributed by atoms with van der Waals surface area (Å²) in [6.45, 7) is 4.68. The zero-order chi connectivity index (χ0) is 25.9. The summed E-state index contributed by atoms with van der Waals surface area (Å²) in [7, 11) is 0. The Morgan fingerprint density at radius 1 is 0.921 bits per heavy atom. The SMILES string of the molecule is CCCc1nc(N2CCN(C(=O)/C=C/c3ccccc3)CC2)c2c(-c3ccc4ccccc4c3)noc2n1. The van der Waals surface area contributed by atoms with Crippen LogP contribution < -0.4 is 4.90 Å². The van der Waals surface area contributed by atoms with Gasteiger partial charge in [-0.25, -0.2) is 4.98 Å². The Kier molecular flexibility index (Phi) is 6.56. The van der Waals surface area contributed by atoms with Crippen molar-refractivity contribution in [2.75, 3.05) is 31.1 Å². The maximum absolute atomic E-state index is 12.8. The first-order valence-electron chi connectivity index (χ1n) is 13.1. The summed E-state index contributed by atoms with van der Waals surface area (Å²) in [6, 6.07) is 24.5. The van der Waals surface area contributed by atoms with Gasteiger partial charge < -0.3 is 14.3 Å². The monoisotopic (exact) mass is 503 g/mol. The molecule has 1 saturated heterocycles. The third kappa shape index (κ3) is 4.75. The summed E-state index contributed by atoms with van der Waals surface area (Å²) < 4.78 is 5.77. The molecule has 7 heteroatoms. The van der Waals surface area contributed by atoms with Crippen molar-refractivity contribution in [3.05, 3.63) is 90.3 Å². The number of fused-ring (bicyclic) bond motifs is 2. The second kappa shape index (κ2) is 10.5. The minimum Gasteiger partial charge on any atom is -0.352 e. The molecule has 7 nitrogen and oxygen atoms in total. The molecule has 0 saturated carbocycles. The number of carbonyl (C=O) groups excluding carboxylic acids is 1. The normalized spacial score (nSPS) is 14.1. The molecule has 1 amide bonds. The van der Waals surface area contributed by atoms with Crippen molar-refractivity contribution < 1.29 is 9.32 Å². The molecule has 0 N–H and O–H groups in total. The lowest BCUT2D eigenvalue weighted by Crippen LogP contribution is -2.48. The molecule has 5 aromatic rings. The number of carbonyl (C=O) groups is 1. The van der Waals surface area contributed by atoms with E-state index in [4.69, 9.17) is 9.51 Å². The molecule has 2 aromatic heterocycles. The number of hydrogen-bond acceptors (Lipinski definition) is 6. The molecule has 0 bridgehead atoms. The van der Waals surface area contributed by atoms with Crippen LogP contribution in [0, 0.1) is 0 Å². The molecule has 38 heavy (non-hydrogen) atoms. The van der Waals surface area contributed by atoms with Crippen LogP contribution in [0.3, 0.4) is 0 Å². The van der Waals surface area contributed by atoms with Crippen LogP contribution in [-0.2, 0) is 11.2 Å². The summed E-state index contributed by atoms with van der Waals surface area (Å²) in [5.74, 6) is 1.60. The highest BCUT2D eigenvalue weighted by Gasteiger charge is 2.26. The van der Waals surface area contributed by atoms with E-state index in [1.807, 2.05) is 53.4 Å². The predicted molar refractivity (Wildman–Crippen MR) is 151 cm³/mol.